The van der Waals surface area contributed by atoms with Crippen LogP contribution in [0.15, 0.2) is 48.8 Å². The molecule has 7 heteroatoms. The van der Waals surface area contributed by atoms with Crippen LogP contribution in [0.25, 0.3) is 5.69 Å². The third-order valence-electron chi connectivity index (χ3n) is 5.08. The van der Waals surface area contributed by atoms with Gasteiger partial charge in [0, 0.05) is 23.6 Å². The molecule has 0 spiro atoms. The van der Waals surface area contributed by atoms with E-state index in [1.165, 1.54) is 0 Å². The molecule has 0 unspecified atom stereocenters. The van der Waals surface area contributed by atoms with Crippen LogP contribution in [-0.4, -0.2) is 35.8 Å². The van der Waals surface area contributed by atoms with E-state index in [1.807, 2.05) is 60.9 Å². The molecule has 1 aliphatic rings. The first-order valence-corrected chi connectivity index (χ1v) is 9.87. The van der Waals surface area contributed by atoms with Gasteiger partial charge in [-0.15, -0.1) is 0 Å². The van der Waals surface area contributed by atoms with E-state index < -0.39 is 0 Å². The van der Waals surface area contributed by atoms with Crippen molar-refractivity contribution in [2.45, 2.75) is 32.3 Å². The normalized spacial score (nSPS) is 15.5. The molecular formula is C23H25N3O4. The zero-order valence-electron chi connectivity index (χ0n) is 17.5. The fourth-order valence-corrected chi connectivity index (χ4v) is 3.73. The lowest BCUT2D eigenvalue weighted by atomic mass is 9.89. The van der Waals surface area contributed by atoms with Gasteiger partial charge in [0.05, 0.1) is 26.0 Å². The Morgan fingerprint density at radius 2 is 1.87 bits per heavy atom. The zero-order valence-corrected chi connectivity index (χ0v) is 17.5. The van der Waals surface area contributed by atoms with Crippen molar-refractivity contribution < 1.29 is 19.0 Å². The minimum absolute atomic E-state index is 0.0335. The van der Waals surface area contributed by atoms with Crippen molar-refractivity contribution in [3.8, 4) is 22.9 Å². The molecule has 1 amide bonds. The Kier molecular flexibility index (Phi) is 5.35. The van der Waals surface area contributed by atoms with Gasteiger partial charge in [-0.05, 0) is 44.2 Å². The highest BCUT2D eigenvalue weighted by Crippen LogP contribution is 2.44. The number of fused-ring (bicyclic) bond motifs is 1. The summed E-state index contributed by atoms with van der Waals surface area (Å²) in [5.74, 6) is 2.42. The Morgan fingerprint density at radius 1 is 1.10 bits per heavy atom. The van der Waals surface area contributed by atoms with E-state index in [0.29, 0.717) is 17.3 Å². The van der Waals surface area contributed by atoms with Gasteiger partial charge in [-0.3, -0.25) is 9.36 Å². The number of nitrogens with zero attached hydrogens (tertiary/aromatic N) is 2. The number of para-hydroxylation sites is 1. The predicted molar refractivity (Wildman–Crippen MR) is 114 cm³/mol. The maximum absolute atomic E-state index is 12.6. The van der Waals surface area contributed by atoms with E-state index in [2.05, 4.69) is 10.3 Å². The second-order valence-corrected chi connectivity index (χ2v) is 7.40. The summed E-state index contributed by atoms with van der Waals surface area (Å²) in [4.78, 5) is 17.3. The lowest BCUT2D eigenvalue weighted by molar-refractivity contribution is -0.116. The van der Waals surface area contributed by atoms with Crippen LogP contribution < -0.4 is 19.5 Å². The lowest BCUT2D eigenvalue weighted by Crippen LogP contribution is -2.25. The molecule has 0 bridgehead atoms. The van der Waals surface area contributed by atoms with Gasteiger partial charge in [0.1, 0.15) is 17.9 Å². The average molecular weight is 407 g/mol. The van der Waals surface area contributed by atoms with Crippen LogP contribution in [0.3, 0.4) is 0 Å². The molecule has 0 radical (unpaired) electrons. The molecule has 3 aromatic rings. The van der Waals surface area contributed by atoms with Gasteiger partial charge in [-0.25, -0.2) is 4.98 Å². The smallest absolute Gasteiger partial charge is 0.226 e. The highest BCUT2D eigenvalue weighted by molar-refractivity contribution is 5.94. The molecule has 1 aliphatic heterocycles. The zero-order chi connectivity index (χ0) is 21.3. The largest absolute Gasteiger partial charge is 0.497 e. The summed E-state index contributed by atoms with van der Waals surface area (Å²) in [6, 6.07) is 13.3. The topological polar surface area (TPSA) is 74.6 Å². The van der Waals surface area contributed by atoms with Crippen molar-refractivity contribution in [3.05, 3.63) is 60.0 Å². The second-order valence-electron chi connectivity index (χ2n) is 7.40. The summed E-state index contributed by atoms with van der Waals surface area (Å²) in [5, 5.41) is 2.98. The number of nitrogens with one attached hydrogen (secondary N) is 1. The van der Waals surface area contributed by atoms with Gasteiger partial charge in [-0.1, -0.05) is 12.1 Å². The molecule has 4 rings (SSSR count). The van der Waals surface area contributed by atoms with Gasteiger partial charge < -0.3 is 19.5 Å². The van der Waals surface area contributed by atoms with E-state index in [0.717, 1.165) is 22.7 Å². The Hall–Kier alpha value is -3.48. The summed E-state index contributed by atoms with van der Waals surface area (Å²) in [6.07, 6.45) is 1.98. The summed E-state index contributed by atoms with van der Waals surface area (Å²) in [6.45, 7) is 3.93. The van der Waals surface area contributed by atoms with Crippen molar-refractivity contribution >= 4 is 11.7 Å². The Balaban J connectivity index is 1.80. The van der Waals surface area contributed by atoms with E-state index in [4.69, 9.17) is 14.2 Å². The van der Waals surface area contributed by atoms with E-state index in [1.54, 1.807) is 20.5 Å². The SMILES string of the molecule is COc1ccc(-n2cnc3c2NC(=O)C[C@H]3c2cccc(OC)c2OC(C)C)cc1. The fraction of sp³-hybridized carbons (Fsp3) is 0.304. The van der Waals surface area contributed by atoms with Crippen molar-refractivity contribution in [1.82, 2.24) is 9.55 Å². The summed E-state index contributed by atoms with van der Waals surface area (Å²) in [7, 11) is 3.24. The molecule has 1 N–H and O–H groups in total. The van der Waals surface area contributed by atoms with Crippen LogP contribution in [-0.2, 0) is 4.79 Å². The first-order chi connectivity index (χ1) is 14.5. The molecule has 7 nitrogen and oxygen atoms in total. The number of benzene rings is 2. The van der Waals surface area contributed by atoms with Crippen molar-refractivity contribution in [2.75, 3.05) is 19.5 Å². The highest BCUT2D eigenvalue weighted by Gasteiger charge is 2.33. The van der Waals surface area contributed by atoms with Gasteiger partial charge in [0.25, 0.3) is 0 Å². The number of imidazole rings is 1. The number of carbonyl (C=O) groups excluding carboxylic acids is 1. The van der Waals surface area contributed by atoms with Gasteiger partial charge in [-0.2, -0.15) is 0 Å². The summed E-state index contributed by atoms with van der Waals surface area (Å²) >= 11 is 0. The predicted octanol–water partition coefficient (Wildman–Crippen LogP) is 4.15. The number of hydrogen-bond acceptors (Lipinski definition) is 5. The number of amides is 1. The van der Waals surface area contributed by atoms with E-state index in [9.17, 15) is 4.79 Å². The molecule has 2 aromatic carbocycles. The summed E-state index contributed by atoms with van der Waals surface area (Å²) < 4.78 is 18.7. The molecule has 0 fully saturated rings. The van der Waals surface area contributed by atoms with E-state index >= 15 is 0 Å². The molecule has 1 atom stereocenters. The fourth-order valence-electron chi connectivity index (χ4n) is 3.73. The number of hydrogen-bond donors (Lipinski definition) is 1. The Bertz CT molecular complexity index is 1060. The van der Waals surface area contributed by atoms with Gasteiger partial charge in [0.2, 0.25) is 5.91 Å². The van der Waals surface area contributed by atoms with Crippen LogP contribution in [0.1, 0.15) is 37.4 Å². The van der Waals surface area contributed by atoms with Crippen LogP contribution >= 0.6 is 0 Å². The van der Waals surface area contributed by atoms with Gasteiger partial charge >= 0.3 is 0 Å². The Morgan fingerprint density at radius 3 is 2.53 bits per heavy atom. The molecule has 2 heterocycles. The number of carbonyl (C=O) groups is 1. The average Bonchev–Trinajstić information content (AvgIpc) is 3.16. The highest BCUT2D eigenvalue weighted by atomic mass is 16.5. The number of ether oxygens (including phenoxy) is 3. The summed E-state index contributed by atoms with van der Waals surface area (Å²) in [5.41, 5.74) is 2.57. The molecular weight excluding hydrogens is 382 g/mol. The van der Waals surface area contributed by atoms with Crippen LogP contribution in [0.5, 0.6) is 17.2 Å². The third-order valence-corrected chi connectivity index (χ3v) is 5.08. The van der Waals surface area contributed by atoms with Crippen molar-refractivity contribution in [3.63, 3.8) is 0 Å². The number of aromatic nitrogens is 2. The van der Waals surface area contributed by atoms with Crippen LogP contribution in [0.2, 0.25) is 0 Å². The number of anilines is 1. The first-order valence-electron chi connectivity index (χ1n) is 9.87. The molecule has 30 heavy (non-hydrogen) atoms. The van der Waals surface area contributed by atoms with Crippen LogP contribution in [0.4, 0.5) is 5.82 Å². The second kappa shape index (κ2) is 8.10. The minimum atomic E-state index is -0.239. The lowest BCUT2D eigenvalue weighted by Gasteiger charge is -2.26. The number of rotatable bonds is 6. The van der Waals surface area contributed by atoms with Crippen LogP contribution in [0, 0.1) is 0 Å². The first kappa shape index (κ1) is 19.8. The van der Waals surface area contributed by atoms with Gasteiger partial charge in [0.15, 0.2) is 11.5 Å². The molecule has 0 saturated heterocycles. The molecule has 0 aliphatic carbocycles. The quantitative estimate of drug-likeness (QED) is 0.664. The number of methoxy groups -OCH3 is 2. The Labute approximate surface area is 175 Å². The maximum Gasteiger partial charge on any atom is 0.226 e. The maximum atomic E-state index is 12.6. The molecule has 156 valence electrons. The van der Waals surface area contributed by atoms with E-state index in [-0.39, 0.29) is 24.3 Å². The van der Waals surface area contributed by atoms with Crippen molar-refractivity contribution in [2.24, 2.45) is 0 Å². The molecule has 1 aromatic heterocycles. The standard InChI is InChI=1S/C23H25N3O4/c1-14(2)30-22-17(6-5-7-19(22)29-4)18-12-20(27)25-23-21(18)24-13-26(23)15-8-10-16(28-3)11-9-15/h5-11,13-14,18H,12H2,1-4H3,(H,25,27)/t18-/m0/s1. The minimum Gasteiger partial charge on any atom is -0.497 e. The molecule has 0 saturated carbocycles. The third kappa shape index (κ3) is 3.58. The monoisotopic (exact) mass is 407 g/mol. The van der Waals surface area contributed by atoms with Crippen molar-refractivity contribution in [1.29, 1.82) is 0 Å².